The molecule has 0 radical (unpaired) electrons. The molecular weight excluding hydrogens is 446 g/mol. The molecule has 0 saturated carbocycles. The second-order valence-electron chi connectivity index (χ2n) is 7.01. The molecule has 1 heterocycles. The Labute approximate surface area is 185 Å². The Morgan fingerprint density at radius 2 is 1.94 bits per heavy atom. The normalized spacial score (nSPS) is 16.0. The van der Waals surface area contributed by atoms with Gasteiger partial charge in [0.1, 0.15) is 12.4 Å². The molecule has 166 valence electrons. The third-order valence-corrected chi connectivity index (χ3v) is 5.96. The maximum Gasteiger partial charge on any atom is 0.338 e. The smallest absolute Gasteiger partial charge is 0.338 e. The number of halogens is 1. The van der Waals surface area contributed by atoms with Gasteiger partial charge in [0, 0.05) is 12.9 Å². The number of carbonyl (C=O) groups is 2. The molecule has 0 aliphatic carbocycles. The second kappa shape index (κ2) is 10.1. The van der Waals surface area contributed by atoms with Crippen molar-refractivity contribution in [1.82, 2.24) is 0 Å². The fourth-order valence-corrected chi connectivity index (χ4v) is 3.70. The minimum absolute atomic E-state index is 0.00555. The summed E-state index contributed by atoms with van der Waals surface area (Å²) in [6, 6.07) is 10.3. The maximum atomic E-state index is 12.2. The van der Waals surface area contributed by atoms with Gasteiger partial charge in [0.25, 0.3) is 5.91 Å². The van der Waals surface area contributed by atoms with Gasteiger partial charge in [-0.1, -0.05) is 11.6 Å². The molecule has 1 unspecified atom stereocenters. The van der Waals surface area contributed by atoms with Crippen LogP contribution in [0.1, 0.15) is 23.2 Å². The third kappa shape index (κ3) is 6.68. The molecule has 31 heavy (non-hydrogen) atoms. The Morgan fingerprint density at radius 3 is 2.58 bits per heavy atom. The van der Waals surface area contributed by atoms with Crippen LogP contribution in [-0.2, 0) is 24.1 Å². The minimum atomic E-state index is -3.46. The summed E-state index contributed by atoms with van der Waals surface area (Å²) in [5.41, 5.74) is 0.368. The van der Waals surface area contributed by atoms with E-state index in [1.54, 1.807) is 12.1 Å². The van der Waals surface area contributed by atoms with Crippen LogP contribution < -0.4 is 10.1 Å². The van der Waals surface area contributed by atoms with Crippen LogP contribution >= 0.6 is 11.6 Å². The van der Waals surface area contributed by atoms with Crippen LogP contribution in [0.2, 0.25) is 5.02 Å². The van der Waals surface area contributed by atoms with Crippen molar-refractivity contribution in [2.75, 3.05) is 31.4 Å². The highest BCUT2D eigenvalue weighted by Gasteiger charge is 2.17. The van der Waals surface area contributed by atoms with Crippen LogP contribution in [0, 0.1) is 0 Å². The van der Waals surface area contributed by atoms with Crippen molar-refractivity contribution < 1.29 is 32.2 Å². The predicted octanol–water partition coefficient (Wildman–Crippen LogP) is 3.10. The molecule has 1 atom stereocenters. The number of ether oxygens (including phenoxy) is 3. The van der Waals surface area contributed by atoms with Gasteiger partial charge >= 0.3 is 5.97 Å². The molecule has 1 amide bonds. The summed E-state index contributed by atoms with van der Waals surface area (Å²) in [5.74, 6) is -0.737. The van der Waals surface area contributed by atoms with E-state index in [4.69, 9.17) is 25.8 Å². The van der Waals surface area contributed by atoms with Gasteiger partial charge in [0.15, 0.2) is 16.4 Å². The Balaban J connectivity index is 1.50. The zero-order valence-corrected chi connectivity index (χ0v) is 18.4. The lowest BCUT2D eigenvalue weighted by Gasteiger charge is -2.12. The van der Waals surface area contributed by atoms with Crippen molar-refractivity contribution >= 4 is 39.0 Å². The van der Waals surface area contributed by atoms with Crippen LogP contribution in [0.5, 0.6) is 5.75 Å². The molecule has 10 heteroatoms. The first-order chi connectivity index (χ1) is 14.7. The van der Waals surface area contributed by atoms with E-state index in [2.05, 4.69) is 5.32 Å². The van der Waals surface area contributed by atoms with Gasteiger partial charge in [0.2, 0.25) is 0 Å². The first kappa shape index (κ1) is 23.1. The zero-order chi connectivity index (χ0) is 22.4. The average molecular weight is 468 g/mol. The molecule has 8 nitrogen and oxygen atoms in total. The van der Waals surface area contributed by atoms with E-state index in [-0.39, 0.29) is 27.3 Å². The summed E-state index contributed by atoms with van der Waals surface area (Å²) in [6.07, 6.45) is 3.13. The molecule has 1 N–H and O–H groups in total. The van der Waals surface area contributed by atoms with Crippen molar-refractivity contribution in [3.05, 3.63) is 53.1 Å². The first-order valence-electron chi connectivity index (χ1n) is 9.53. The highest BCUT2D eigenvalue weighted by Crippen LogP contribution is 2.25. The van der Waals surface area contributed by atoms with Crippen LogP contribution in [0.4, 0.5) is 5.69 Å². The van der Waals surface area contributed by atoms with Gasteiger partial charge in [-0.05, 0) is 55.3 Å². The van der Waals surface area contributed by atoms with Crippen LogP contribution in [0.15, 0.2) is 47.4 Å². The van der Waals surface area contributed by atoms with E-state index in [9.17, 15) is 18.0 Å². The average Bonchev–Trinajstić information content (AvgIpc) is 3.25. The van der Waals surface area contributed by atoms with E-state index in [0.717, 1.165) is 25.7 Å². The number of esters is 1. The van der Waals surface area contributed by atoms with Gasteiger partial charge in [-0.2, -0.15) is 0 Å². The summed E-state index contributed by atoms with van der Waals surface area (Å²) in [7, 11) is -3.46. The monoisotopic (exact) mass is 467 g/mol. The quantitative estimate of drug-likeness (QED) is 0.594. The van der Waals surface area contributed by atoms with Crippen molar-refractivity contribution in [2.45, 2.75) is 23.8 Å². The van der Waals surface area contributed by atoms with E-state index in [0.29, 0.717) is 12.4 Å². The number of carbonyl (C=O) groups excluding carboxylic acids is 2. The molecule has 2 aromatic carbocycles. The van der Waals surface area contributed by atoms with Gasteiger partial charge in [-0.25, -0.2) is 13.2 Å². The lowest BCUT2D eigenvalue weighted by atomic mass is 10.2. The number of amides is 1. The number of anilines is 1. The standard InChI is InChI=1S/C21H22ClNO7S/c1-31(26,27)17-8-9-18(22)19(11-17)23-20(24)13-30-21(25)14-4-6-15(7-5-14)29-12-16-3-2-10-28-16/h4-9,11,16H,2-3,10,12-13H2,1H3,(H,23,24). The number of rotatable bonds is 8. The second-order valence-corrected chi connectivity index (χ2v) is 9.43. The van der Waals surface area contributed by atoms with Gasteiger partial charge < -0.3 is 19.5 Å². The van der Waals surface area contributed by atoms with E-state index in [1.165, 1.54) is 30.3 Å². The Hall–Kier alpha value is -2.62. The summed E-state index contributed by atoms with van der Waals surface area (Å²) in [6.45, 7) is 0.643. The van der Waals surface area contributed by atoms with Crippen molar-refractivity contribution in [2.24, 2.45) is 0 Å². The molecule has 1 aliphatic heterocycles. The fraction of sp³-hybridized carbons (Fsp3) is 0.333. The van der Waals surface area contributed by atoms with Crippen molar-refractivity contribution in [1.29, 1.82) is 0 Å². The Morgan fingerprint density at radius 1 is 1.19 bits per heavy atom. The number of nitrogens with one attached hydrogen (secondary N) is 1. The largest absolute Gasteiger partial charge is 0.491 e. The molecule has 3 rings (SSSR count). The lowest BCUT2D eigenvalue weighted by molar-refractivity contribution is -0.119. The SMILES string of the molecule is CS(=O)(=O)c1ccc(Cl)c(NC(=O)COC(=O)c2ccc(OCC3CCCO3)cc2)c1. The lowest BCUT2D eigenvalue weighted by Crippen LogP contribution is -2.21. The van der Waals surface area contributed by atoms with Gasteiger partial charge in [-0.15, -0.1) is 0 Å². The molecule has 0 bridgehead atoms. The number of sulfone groups is 1. The van der Waals surface area contributed by atoms with Crippen LogP contribution in [0.3, 0.4) is 0 Å². The number of hydrogen-bond acceptors (Lipinski definition) is 7. The van der Waals surface area contributed by atoms with Gasteiger partial charge in [-0.3, -0.25) is 4.79 Å². The highest BCUT2D eigenvalue weighted by atomic mass is 35.5. The van der Waals surface area contributed by atoms with Crippen molar-refractivity contribution in [3.63, 3.8) is 0 Å². The summed E-state index contributed by atoms with van der Waals surface area (Å²) in [4.78, 5) is 24.3. The van der Waals surface area contributed by atoms with E-state index < -0.39 is 28.3 Å². The molecule has 1 fully saturated rings. The first-order valence-corrected chi connectivity index (χ1v) is 11.8. The van der Waals surface area contributed by atoms with Crippen LogP contribution in [0.25, 0.3) is 0 Å². The summed E-state index contributed by atoms with van der Waals surface area (Å²) in [5, 5.41) is 2.60. The van der Waals surface area contributed by atoms with E-state index in [1.807, 2.05) is 0 Å². The summed E-state index contributed by atoms with van der Waals surface area (Å²) < 4.78 is 39.4. The molecular formula is C21H22ClNO7S. The molecule has 2 aromatic rings. The van der Waals surface area contributed by atoms with Crippen LogP contribution in [-0.4, -0.2) is 52.5 Å². The number of hydrogen-bond donors (Lipinski definition) is 1. The van der Waals surface area contributed by atoms with Crippen molar-refractivity contribution in [3.8, 4) is 5.75 Å². The minimum Gasteiger partial charge on any atom is -0.491 e. The molecule has 1 aliphatic rings. The maximum absolute atomic E-state index is 12.2. The zero-order valence-electron chi connectivity index (χ0n) is 16.8. The molecule has 1 saturated heterocycles. The topological polar surface area (TPSA) is 108 Å². The van der Waals surface area contributed by atoms with E-state index >= 15 is 0 Å². The highest BCUT2D eigenvalue weighted by molar-refractivity contribution is 7.90. The molecule has 0 spiro atoms. The summed E-state index contributed by atoms with van der Waals surface area (Å²) >= 11 is 5.99. The predicted molar refractivity (Wildman–Crippen MR) is 114 cm³/mol. The molecule has 0 aromatic heterocycles. The Bertz CT molecular complexity index is 1050. The third-order valence-electron chi connectivity index (χ3n) is 4.52. The Kier molecular flexibility index (Phi) is 7.53. The number of benzene rings is 2. The fourth-order valence-electron chi connectivity index (χ4n) is 2.88. The van der Waals surface area contributed by atoms with Gasteiger partial charge in [0.05, 0.1) is 27.3 Å².